The summed E-state index contributed by atoms with van der Waals surface area (Å²) in [6, 6.07) is 11.3. The molecule has 1 fully saturated rings. The van der Waals surface area contributed by atoms with Gasteiger partial charge in [-0.05, 0) is 54.9 Å². The zero-order valence-electron chi connectivity index (χ0n) is 20.3. The Morgan fingerprint density at radius 1 is 1.11 bits per heavy atom. The number of pyridine rings is 1. The van der Waals surface area contributed by atoms with E-state index in [2.05, 4.69) is 10.3 Å². The van der Waals surface area contributed by atoms with Crippen LogP contribution in [-0.2, 0) is 17.8 Å². The largest absolute Gasteiger partial charge is 0.493 e. The molecule has 9 nitrogen and oxygen atoms in total. The molecule has 2 aliphatic rings. The molecule has 190 valence electrons. The average Bonchev–Trinajstić information content (AvgIpc) is 3.58. The Morgan fingerprint density at radius 3 is 2.69 bits per heavy atom. The van der Waals surface area contributed by atoms with Crippen molar-refractivity contribution in [2.24, 2.45) is 0 Å². The van der Waals surface area contributed by atoms with Crippen molar-refractivity contribution in [2.75, 3.05) is 34.2 Å². The number of aromatic amines is 1. The van der Waals surface area contributed by atoms with Gasteiger partial charge in [0.25, 0.3) is 5.56 Å². The minimum absolute atomic E-state index is 0.141. The number of benzene rings is 2. The van der Waals surface area contributed by atoms with E-state index < -0.39 is 0 Å². The number of thiocarbonyl (C=S) groups is 1. The zero-order chi connectivity index (χ0) is 25.1. The second-order valence-electron chi connectivity index (χ2n) is 8.78. The smallest absolute Gasteiger partial charge is 0.253 e. The number of fused-ring (bicyclic) bond motifs is 2. The highest BCUT2D eigenvalue weighted by Gasteiger charge is 2.20. The van der Waals surface area contributed by atoms with Crippen LogP contribution in [0.2, 0.25) is 0 Å². The molecule has 2 aliphatic heterocycles. The van der Waals surface area contributed by atoms with E-state index in [0.29, 0.717) is 53.1 Å². The van der Waals surface area contributed by atoms with E-state index in [0.717, 1.165) is 36.1 Å². The molecule has 1 atom stereocenters. The van der Waals surface area contributed by atoms with Crippen LogP contribution >= 0.6 is 12.2 Å². The average molecular weight is 512 g/mol. The van der Waals surface area contributed by atoms with Gasteiger partial charge >= 0.3 is 0 Å². The van der Waals surface area contributed by atoms with Gasteiger partial charge in [0.15, 0.2) is 28.1 Å². The molecular formula is C26H29N3O6S. The fourth-order valence-electron chi connectivity index (χ4n) is 4.48. The van der Waals surface area contributed by atoms with Gasteiger partial charge in [0.2, 0.25) is 6.79 Å². The van der Waals surface area contributed by atoms with Crippen LogP contribution < -0.4 is 29.8 Å². The molecule has 1 saturated heterocycles. The van der Waals surface area contributed by atoms with Crippen molar-refractivity contribution in [1.29, 1.82) is 0 Å². The highest BCUT2D eigenvalue weighted by Crippen LogP contribution is 2.33. The van der Waals surface area contributed by atoms with Crippen LogP contribution in [0.25, 0.3) is 10.9 Å². The Hall–Kier alpha value is -3.50. The Labute approximate surface area is 214 Å². The van der Waals surface area contributed by atoms with Crippen molar-refractivity contribution >= 4 is 28.2 Å². The maximum atomic E-state index is 13.0. The zero-order valence-corrected chi connectivity index (χ0v) is 21.1. The lowest BCUT2D eigenvalue weighted by atomic mass is 10.1. The molecule has 0 saturated carbocycles. The first-order valence-corrected chi connectivity index (χ1v) is 12.3. The second kappa shape index (κ2) is 10.6. The van der Waals surface area contributed by atoms with Crippen LogP contribution in [0, 0.1) is 0 Å². The van der Waals surface area contributed by atoms with E-state index in [4.69, 9.17) is 35.9 Å². The van der Waals surface area contributed by atoms with Crippen molar-refractivity contribution in [3.8, 4) is 23.0 Å². The van der Waals surface area contributed by atoms with Crippen LogP contribution in [0.5, 0.6) is 23.0 Å². The van der Waals surface area contributed by atoms with Gasteiger partial charge in [0, 0.05) is 36.7 Å². The highest BCUT2D eigenvalue weighted by molar-refractivity contribution is 7.80. The highest BCUT2D eigenvalue weighted by atomic mass is 32.1. The Morgan fingerprint density at radius 2 is 1.92 bits per heavy atom. The van der Waals surface area contributed by atoms with Crippen molar-refractivity contribution in [3.63, 3.8) is 0 Å². The van der Waals surface area contributed by atoms with Crippen molar-refractivity contribution in [1.82, 2.24) is 15.2 Å². The lowest BCUT2D eigenvalue weighted by Gasteiger charge is -2.27. The summed E-state index contributed by atoms with van der Waals surface area (Å²) in [5.74, 6) is 2.57. The number of aromatic nitrogens is 1. The van der Waals surface area contributed by atoms with E-state index in [1.807, 2.05) is 35.2 Å². The summed E-state index contributed by atoms with van der Waals surface area (Å²) in [5.41, 5.74) is 2.05. The first-order valence-electron chi connectivity index (χ1n) is 11.8. The van der Waals surface area contributed by atoms with E-state index in [1.54, 1.807) is 20.3 Å². The van der Waals surface area contributed by atoms with Crippen molar-refractivity contribution in [3.05, 3.63) is 57.9 Å². The number of rotatable bonds is 8. The number of H-pyrrole nitrogens is 1. The fourth-order valence-corrected chi connectivity index (χ4v) is 4.69. The molecule has 2 N–H and O–H groups in total. The van der Waals surface area contributed by atoms with E-state index >= 15 is 0 Å². The van der Waals surface area contributed by atoms with E-state index in [-0.39, 0.29) is 18.5 Å². The Bertz CT molecular complexity index is 1320. The van der Waals surface area contributed by atoms with Gasteiger partial charge in [-0.2, -0.15) is 0 Å². The third-order valence-electron chi connectivity index (χ3n) is 6.39. The molecule has 0 bridgehead atoms. The number of nitrogens with zero attached hydrogens (tertiary/aromatic N) is 1. The standard InChI is InChI=1S/C26H29N3O6S/c1-31-22-10-17-9-18(25(30)28-20(17)11-23(22)32-2)14-29(26(36)27-12-19-4-3-7-33-19)13-16-5-6-21-24(8-16)35-15-34-21/h5-6,8-11,19H,3-4,7,12-15H2,1-2H3,(H,27,36)(H,28,30)/t19-/m0/s1. The van der Waals surface area contributed by atoms with Crippen LogP contribution in [0.15, 0.2) is 41.2 Å². The molecule has 3 aromatic rings. The normalized spacial score (nSPS) is 16.2. The van der Waals surface area contributed by atoms with Crippen molar-refractivity contribution < 1.29 is 23.7 Å². The van der Waals surface area contributed by atoms with Crippen LogP contribution in [0.1, 0.15) is 24.0 Å². The van der Waals surface area contributed by atoms with E-state index in [1.165, 1.54) is 0 Å². The SMILES string of the molecule is COc1cc2cc(CN(Cc3ccc4c(c3)OCO4)C(=S)NC[C@@H]3CCCO3)c(=O)[nH]c2cc1OC. The van der Waals surface area contributed by atoms with Gasteiger partial charge < -0.3 is 38.9 Å². The molecular weight excluding hydrogens is 482 g/mol. The van der Waals surface area contributed by atoms with Crippen molar-refractivity contribution in [2.45, 2.75) is 32.0 Å². The summed E-state index contributed by atoms with van der Waals surface area (Å²) in [4.78, 5) is 18.0. The monoisotopic (exact) mass is 511 g/mol. The number of nitrogens with one attached hydrogen (secondary N) is 2. The molecule has 0 spiro atoms. The quantitative estimate of drug-likeness (QED) is 0.442. The maximum absolute atomic E-state index is 13.0. The molecule has 36 heavy (non-hydrogen) atoms. The summed E-state index contributed by atoms with van der Waals surface area (Å²) < 4.78 is 27.5. The lowest BCUT2D eigenvalue weighted by molar-refractivity contribution is 0.113. The number of ether oxygens (including phenoxy) is 5. The predicted octanol–water partition coefficient (Wildman–Crippen LogP) is 3.33. The first kappa shape index (κ1) is 24.2. The summed E-state index contributed by atoms with van der Waals surface area (Å²) in [7, 11) is 3.15. The molecule has 2 aromatic carbocycles. The van der Waals surface area contributed by atoms with Gasteiger partial charge in [-0.15, -0.1) is 0 Å². The molecule has 1 aromatic heterocycles. The number of hydrogen-bond acceptors (Lipinski definition) is 7. The van der Waals surface area contributed by atoms with Gasteiger partial charge in [0.05, 0.1) is 32.4 Å². The predicted molar refractivity (Wildman–Crippen MR) is 139 cm³/mol. The summed E-state index contributed by atoms with van der Waals surface area (Å²) >= 11 is 5.77. The molecule has 5 rings (SSSR count). The van der Waals surface area contributed by atoms with Gasteiger partial charge in [-0.1, -0.05) is 6.07 Å². The third-order valence-corrected chi connectivity index (χ3v) is 6.79. The fraction of sp³-hybridized carbons (Fsp3) is 0.385. The molecule has 3 heterocycles. The van der Waals surface area contributed by atoms with Crippen LogP contribution in [0.3, 0.4) is 0 Å². The Kier molecular flexibility index (Phi) is 7.15. The van der Waals surface area contributed by atoms with Gasteiger partial charge in [0.1, 0.15) is 0 Å². The summed E-state index contributed by atoms with van der Waals surface area (Å²) in [6.07, 6.45) is 2.20. The Balaban J connectivity index is 1.42. The topological polar surface area (TPSA) is 94.3 Å². The minimum atomic E-state index is -0.188. The molecule has 0 unspecified atom stereocenters. The van der Waals surface area contributed by atoms with Crippen LogP contribution in [0.4, 0.5) is 0 Å². The number of hydrogen-bond donors (Lipinski definition) is 2. The summed E-state index contributed by atoms with van der Waals surface area (Å²) in [5, 5.41) is 4.72. The van der Waals surface area contributed by atoms with Gasteiger partial charge in [-0.3, -0.25) is 4.79 Å². The maximum Gasteiger partial charge on any atom is 0.253 e. The molecule has 10 heteroatoms. The second-order valence-corrected chi connectivity index (χ2v) is 9.17. The van der Waals surface area contributed by atoms with E-state index in [9.17, 15) is 4.79 Å². The molecule has 0 amide bonds. The molecule has 0 radical (unpaired) electrons. The summed E-state index contributed by atoms with van der Waals surface area (Å²) in [6.45, 7) is 2.41. The molecule has 0 aliphatic carbocycles. The minimum Gasteiger partial charge on any atom is -0.493 e. The first-order chi connectivity index (χ1) is 17.5. The lowest BCUT2D eigenvalue weighted by Crippen LogP contribution is -2.42. The van der Waals surface area contributed by atoms with Gasteiger partial charge in [-0.25, -0.2) is 0 Å². The third kappa shape index (κ3) is 5.19. The number of methoxy groups -OCH3 is 2. The van der Waals surface area contributed by atoms with Crippen LogP contribution in [-0.4, -0.2) is 55.3 Å².